The molecule has 2 fully saturated rings. The number of hydrogen-bond acceptors (Lipinski definition) is 11. The number of anilines is 2. The van der Waals surface area contributed by atoms with Gasteiger partial charge in [-0.05, 0) is 12.5 Å². The highest BCUT2D eigenvalue weighted by Gasteiger charge is 2.32. The van der Waals surface area contributed by atoms with Crippen LogP contribution in [0, 0.1) is 6.92 Å². The molecular formula is C22H30N8O3S. The highest BCUT2D eigenvalue weighted by molar-refractivity contribution is 7.15. The second-order valence-corrected chi connectivity index (χ2v) is 9.75. The summed E-state index contributed by atoms with van der Waals surface area (Å²) in [4.78, 5) is 34.0. The first kappa shape index (κ1) is 23.0. The molecule has 5 heterocycles. The van der Waals surface area contributed by atoms with E-state index >= 15 is 0 Å². The number of piperazine rings is 1. The molecule has 1 amide bonds. The zero-order valence-corrected chi connectivity index (χ0v) is 20.1. The number of carbonyl (C=O) groups excluding carboxylic acids is 1. The number of nitrogens with two attached hydrogens (primary N) is 1. The van der Waals surface area contributed by atoms with Gasteiger partial charge in [0.05, 0.1) is 23.8 Å². The predicted octanol–water partition coefficient (Wildman–Crippen LogP) is 0.268. The highest BCUT2D eigenvalue weighted by atomic mass is 32.1. The SMILES string of the molecule is Cc1c(CN2CCN(C(=O)CO)CC2)sc2c1NC(c1cnc(N)nc1)N=C2N1CCOCC1. The molecule has 2 saturated heterocycles. The number of hydrogen-bond donors (Lipinski definition) is 3. The Balaban J connectivity index is 1.40. The molecule has 0 saturated carbocycles. The van der Waals surface area contributed by atoms with Crippen molar-refractivity contribution in [3.05, 3.63) is 33.3 Å². The third kappa shape index (κ3) is 4.58. The lowest BCUT2D eigenvalue weighted by molar-refractivity contribution is -0.135. The molecule has 2 aromatic rings. The molecule has 34 heavy (non-hydrogen) atoms. The van der Waals surface area contributed by atoms with E-state index in [0.29, 0.717) is 26.3 Å². The van der Waals surface area contributed by atoms with Crippen LogP contribution >= 0.6 is 11.3 Å². The van der Waals surface area contributed by atoms with Gasteiger partial charge < -0.3 is 30.7 Å². The largest absolute Gasteiger partial charge is 0.387 e. The van der Waals surface area contributed by atoms with Crippen molar-refractivity contribution in [2.75, 3.05) is 70.1 Å². The molecule has 3 aliphatic rings. The maximum absolute atomic E-state index is 11.8. The van der Waals surface area contributed by atoms with Crippen LogP contribution in [0.2, 0.25) is 0 Å². The summed E-state index contributed by atoms with van der Waals surface area (Å²) in [6.45, 7) is 8.38. The van der Waals surface area contributed by atoms with Crippen molar-refractivity contribution in [2.45, 2.75) is 19.6 Å². The molecule has 0 aliphatic carbocycles. The van der Waals surface area contributed by atoms with Crippen LogP contribution in [0.15, 0.2) is 17.4 Å². The predicted molar refractivity (Wildman–Crippen MR) is 130 cm³/mol. The topological polar surface area (TPSA) is 132 Å². The molecule has 0 spiro atoms. The van der Waals surface area contributed by atoms with Crippen molar-refractivity contribution < 1.29 is 14.6 Å². The lowest BCUT2D eigenvalue weighted by Crippen LogP contribution is -2.49. The molecule has 1 unspecified atom stereocenters. The minimum absolute atomic E-state index is 0.198. The molecule has 11 nitrogen and oxygen atoms in total. The first-order valence-electron chi connectivity index (χ1n) is 11.5. The van der Waals surface area contributed by atoms with E-state index in [1.807, 2.05) is 0 Å². The van der Waals surface area contributed by atoms with Crippen LogP contribution in [-0.4, -0.2) is 101 Å². The number of nitrogens with one attached hydrogen (secondary N) is 1. The number of aliphatic imine (C=N–C) groups is 1. The molecule has 0 aromatic carbocycles. The van der Waals surface area contributed by atoms with Crippen LogP contribution in [0.3, 0.4) is 0 Å². The molecule has 0 bridgehead atoms. The fourth-order valence-electron chi connectivity index (χ4n) is 4.50. The van der Waals surface area contributed by atoms with Gasteiger partial charge in [0.25, 0.3) is 0 Å². The number of aromatic nitrogens is 2. The monoisotopic (exact) mass is 486 g/mol. The average molecular weight is 487 g/mol. The summed E-state index contributed by atoms with van der Waals surface area (Å²) in [6.07, 6.45) is 3.16. The van der Waals surface area contributed by atoms with Gasteiger partial charge in [0.15, 0.2) is 0 Å². The van der Waals surface area contributed by atoms with Gasteiger partial charge in [0, 0.05) is 68.6 Å². The van der Waals surface area contributed by atoms with E-state index in [1.54, 1.807) is 28.6 Å². The summed E-state index contributed by atoms with van der Waals surface area (Å²) in [5.74, 6) is 1.03. The molecule has 5 rings (SSSR count). The molecule has 1 atom stereocenters. The zero-order valence-electron chi connectivity index (χ0n) is 19.2. The first-order chi connectivity index (χ1) is 16.5. The summed E-state index contributed by atoms with van der Waals surface area (Å²) in [7, 11) is 0. The lowest BCUT2D eigenvalue weighted by Gasteiger charge is -2.34. The standard InChI is InChI=1S/C22H30N8O3S/c1-14-16(12-28-2-4-29(5-3-28)17(32)13-31)34-19-18(14)26-20(15-10-24-22(23)25-11-15)27-21(19)30-6-8-33-9-7-30/h10-11,20,26,31H,2-9,12-13H2,1H3,(H2,23,24,25). The second kappa shape index (κ2) is 9.82. The third-order valence-electron chi connectivity index (χ3n) is 6.53. The summed E-state index contributed by atoms with van der Waals surface area (Å²) in [5.41, 5.74) is 8.87. The average Bonchev–Trinajstić information content (AvgIpc) is 3.19. The number of nitrogens with zero attached hydrogens (tertiary/aromatic N) is 6. The van der Waals surface area contributed by atoms with Crippen LogP contribution in [0.25, 0.3) is 0 Å². The van der Waals surface area contributed by atoms with Crippen molar-refractivity contribution >= 4 is 34.7 Å². The van der Waals surface area contributed by atoms with Crippen LogP contribution in [0.5, 0.6) is 0 Å². The summed E-state index contributed by atoms with van der Waals surface area (Å²) in [5, 5.41) is 12.7. The fourth-order valence-corrected chi connectivity index (χ4v) is 5.83. The number of ether oxygens (including phenoxy) is 1. The van der Waals surface area contributed by atoms with E-state index in [2.05, 4.69) is 32.0 Å². The van der Waals surface area contributed by atoms with Gasteiger partial charge >= 0.3 is 0 Å². The van der Waals surface area contributed by atoms with Gasteiger partial charge in [0.1, 0.15) is 18.6 Å². The lowest BCUT2D eigenvalue weighted by atomic mass is 10.1. The van der Waals surface area contributed by atoms with Crippen LogP contribution < -0.4 is 11.1 Å². The highest BCUT2D eigenvalue weighted by Crippen LogP contribution is 2.40. The van der Waals surface area contributed by atoms with Gasteiger partial charge in [-0.25, -0.2) is 15.0 Å². The number of fused-ring (bicyclic) bond motifs is 1. The van der Waals surface area contributed by atoms with E-state index in [9.17, 15) is 4.79 Å². The van der Waals surface area contributed by atoms with E-state index in [0.717, 1.165) is 54.7 Å². The molecule has 4 N–H and O–H groups in total. The Labute approximate surface area is 202 Å². The van der Waals surface area contributed by atoms with Gasteiger partial charge in [-0.2, -0.15) is 0 Å². The number of aliphatic hydroxyl groups is 1. The van der Waals surface area contributed by atoms with Gasteiger partial charge in [0.2, 0.25) is 11.9 Å². The minimum atomic E-state index is -0.424. The Hall–Kier alpha value is -2.80. The van der Waals surface area contributed by atoms with Crippen LogP contribution in [0.1, 0.15) is 27.0 Å². The second-order valence-electron chi connectivity index (χ2n) is 8.64. The van der Waals surface area contributed by atoms with Gasteiger partial charge in [-0.1, -0.05) is 0 Å². The van der Waals surface area contributed by atoms with E-state index < -0.39 is 6.61 Å². The van der Waals surface area contributed by atoms with Crippen LogP contribution in [-0.2, 0) is 16.1 Å². The smallest absolute Gasteiger partial charge is 0.248 e. The number of amidine groups is 1. The van der Waals surface area contributed by atoms with E-state index in [-0.39, 0.29) is 18.0 Å². The van der Waals surface area contributed by atoms with Crippen molar-refractivity contribution in [3.8, 4) is 0 Å². The Morgan fingerprint density at radius 2 is 1.91 bits per heavy atom. The molecule has 3 aliphatic heterocycles. The molecular weight excluding hydrogens is 456 g/mol. The molecule has 12 heteroatoms. The number of thiophene rings is 1. The van der Waals surface area contributed by atoms with Crippen molar-refractivity contribution in [1.82, 2.24) is 24.7 Å². The maximum Gasteiger partial charge on any atom is 0.248 e. The summed E-state index contributed by atoms with van der Waals surface area (Å²) >= 11 is 1.78. The molecule has 2 aromatic heterocycles. The van der Waals surface area contributed by atoms with Crippen LogP contribution in [0.4, 0.5) is 11.6 Å². The number of nitrogen functional groups attached to an aromatic ring is 1. The van der Waals surface area contributed by atoms with Crippen molar-refractivity contribution in [3.63, 3.8) is 0 Å². The van der Waals surface area contributed by atoms with E-state index in [1.165, 1.54) is 10.4 Å². The van der Waals surface area contributed by atoms with Gasteiger partial charge in [-0.3, -0.25) is 9.69 Å². The molecule has 0 radical (unpaired) electrons. The molecule has 182 valence electrons. The zero-order chi connectivity index (χ0) is 23.7. The summed E-state index contributed by atoms with van der Waals surface area (Å²) in [6, 6.07) is 0. The number of amides is 1. The Bertz CT molecular complexity index is 1060. The quantitative estimate of drug-likeness (QED) is 0.557. The minimum Gasteiger partial charge on any atom is -0.387 e. The third-order valence-corrected chi connectivity index (χ3v) is 7.80. The van der Waals surface area contributed by atoms with Crippen molar-refractivity contribution in [1.29, 1.82) is 0 Å². The normalized spacial score (nSPS) is 21.1. The maximum atomic E-state index is 11.8. The Morgan fingerprint density at radius 3 is 2.59 bits per heavy atom. The Kier molecular flexibility index (Phi) is 6.63. The number of carbonyl (C=O) groups is 1. The van der Waals surface area contributed by atoms with Crippen molar-refractivity contribution in [2.24, 2.45) is 4.99 Å². The number of aliphatic hydroxyl groups excluding tert-OH is 1. The number of rotatable bonds is 4. The number of morpholine rings is 1. The Morgan fingerprint density at radius 1 is 1.21 bits per heavy atom. The first-order valence-corrected chi connectivity index (χ1v) is 12.3. The van der Waals surface area contributed by atoms with Gasteiger partial charge in [-0.15, -0.1) is 11.3 Å². The summed E-state index contributed by atoms with van der Waals surface area (Å²) < 4.78 is 5.57. The fraction of sp³-hybridized carbons (Fsp3) is 0.545. The van der Waals surface area contributed by atoms with E-state index in [4.69, 9.17) is 20.6 Å².